The monoisotopic (exact) mass is 220 g/mol. The minimum atomic E-state index is -0.147. The van der Waals surface area contributed by atoms with E-state index < -0.39 is 0 Å². The highest BCUT2D eigenvalue weighted by atomic mass is 35.5. The van der Waals surface area contributed by atoms with Gasteiger partial charge in [-0.2, -0.15) is 0 Å². The Balaban J connectivity index is 2.48. The predicted octanol–water partition coefficient (Wildman–Crippen LogP) is 2.18. The lowest BCUT2D eigenvalue weighted by Crippen LogP contribution is -2.11. The van der Waals surface area contributed by atoms with Gasteiger partial charge < -0.3 is 4.98 Å². The number of nitrogens with zero attached hydrogens (tertiary/aromatic N) is 1. The first-order valence-electron chi connectivity index (χ1n) is 4.50. The highest BCUT2D eigenvalue weighted by Gasteiger charge is 2.01. The molecule has 0 aliphatic carbocycles. The number of alkyl halides is 1. The predicted molar refractivity (Wildman–Crippen MR) is 59.9 cm³/mol. The molecule has 0 unspecified atom stereocenters. The van der Waals surface area contributed by atoms with Gasteiger partial charge in [-0.25, -0.2) is 0 Å². The number of hydrogen-bond donors (Lipinski definition) is 1. The van der Waals surface area contributed by atoms with Gasteiger partial charge in [-0.15, -0.1) is 11.6 Å². The second kappa shape index (κ2) is 4.28. The largest absolute Gasteiger partial charge is 0.322 e. The summed E-state index contributed by atoms with van der Waals surface area (Å²) in [4.78, 5) is 18.2. The van der Waals surface area contributed by atoms with Crippen LogP contribution in [0, 0.1) is 0 Å². The van der Waals surface area contributed by atoms with Crippen LogP contribution in [-0.4, -0.2) is 9.97 Å². The van der Waals surface area contributed by atoms with Crippen molar-refractivity contribution in [3.63, 3.8) is 0 Å². The third-order valence-corrected chi connectivity index (χ3v) is 2.40. The Morgan fingerprint density at radius 2 is 2.20 bits per heavy atom. The van der Waals surface area contributed by atoms with Crippen LogP contribution in [-0.2, 0) is 5.88 Å². The first kappa shape index (κ1) is 9.93. The minimum Gasteiger partial charge on any atom is -0.322 e. The lowest BCUT2D eigenvalue weighted by molar-refractivity contribution is 1.16. The summed E-state index contributed by atoms with van der Waals surface area (Å²) in [6, 6.07) is 7.27. The molecule has 0 aliphatic rings. The van der Waals surface area contributed by atoms with Crippen molar-refractivity contribution in [2.75, 3.05) is 0 Å². The lowest BCUT2D eigenvalue weighted by atomic mass is 10.2. The molecule has 0 saturated heterocycles. The second-order valence-corrected chi connectivity index (χ2v) is 3.37. The van der Waals surface area contributed by atoms with E-state index in [9.17, 15) is 4.79 Å². The molecule has 0 spiro atoms. The van der Waals surface area contributed by atoms with Gasteiger partial charge in [0.2, 0.25) is 0 Å². The van der Waals surface area contributed by atoms with Crippen molar-refractivity contribution >= 4 is 11.6 Å². The molecule has 3 nitrogen and oxygen atoms in total. The lowest BCUT2D eigenvalue weighted by Gasteiger charge is -2.01. The standard InChI is InChI=1S/C11H9ClN2O/c12-6-8-3-4-10(14-11(8)15)9-2-1-5-13-7-9/h1-5,7H,6H2,(H,14,15). The molecule has 1 N–H and O–H groups in total. The Bertz CT molecular complexity index is 507. The Hall–Kier alpha value is -1.61. The molecule has 76 valence electrons. The van der Waals surface area contributed by atoms with Crippen LogP contribution in [0.4, 0.5) is 0 Å². The summed E-state index contributed by atoms with van der Waals surface area (Å²) >= 11 is 5.60. The fraction of sp³-hybridized carbons (Fsp3) is 0.0909. The molecule has 2 heterocycles. The van der Waals surface area contributed by atoms with E-state index in [0.717, 1.165) is 11.3 Å². The van der Waals surface area contributed by atoms with Crippen molar-refractivity contribution in [2.45, 2.75) is 5.88 Å². The number of aromatic nitrogens is 2. The first-order chi connectivity index (χ1) is 7.31. The van der Waals surface area contributed by atoms with Gasteiger partial charge in [0.25, 0.3) is 5.56 Å². The maximum Gasteiger partial charge on any atom is 0.252 e. The van der Waals surface area contributed by atoms with E-state index in [2.05, 4.69) is 9.97 Å². The van der Waals surface area contributed by atoms with Gasteiger partial charge in [-0.1, -0.05) is 6.07 Å². The van der Waals surface area contributed by atoms with Gasteiger partial charge in [-0.05, 0) is 18.2 Å². The fourth-order valence-electron chi connectivity index (χ4n) is 1.30. The molecule has 2 rings (SSSR count). The molecule has 2 aromatic rings. The molecule has 0 atom stereocenters. The van der Waals surface area contributed by atoms with E-state index in [1.165, 1.54) is 0 Å². The number of halogens is 1. The van der Waals surface area contributed by atoms with E-state index in [4.69, 9.17) is 11.6 Å². The van der Waals surface area contributed by atoms with Crippen LogP contribution < -0.4 is 5.56 Å². The van der Waals surface area contributed by atoms with E-state index in [1.807, 2.05) is 18.2 Å². The van der Waals surface area contributed by atoms with Crippen molar-refractivity contribution in [3.8, 4) is 11.3 Å². The van der Waals surface area contributed by atoms with Crippen LogP contribution in [0.15, 0.2) is 41.5 Å². The number of aromatic amines is 1. The maximum atomic E-state index is 11.5. The SMILES string of the molecule is O=c1[nH]c(-c2cccnc2)ccc1CCl. The molecular weight excluding hydrogens is 212 g/mol. The molecule has 15 heavy (non-hydrogen) atoms. The van der Waals surface area contributed by atoms with Crippen LogP contribution in [0.5, 0.6) is 0 Å². The fourth-order valence-corrected chi connectivity index (χ4v) is 1.51. The highest BCUT2D eigenvalue weighted by Crippen LogP contribution is 2.13. The molecule has 0 radical (unpaired) electrons. The third-order valence-electron chi connectivity index (χ3n) is 2.11. The molecule has 0 amide bonds. The molecule has 0 fully saturated rings. The molecule has 0 aliphatic heterocycles. The smallest absolute Gasteiger partial charge is 0.252 e. The van der Waals surface area contributed by atoms with Crippen LogP contribution in [0.3, 0.4) is 0 Å². The van der Waals surface area contributed by atoms with Gasteiger partial charge in [0.05, 0.1) is 5.88 Å². The third kappa shape index (κ3) is 2.07. The molecule has 0 aromatic carbocycles. The Morgan fingerprint density at radius 1 is 1.33 bits per heavy atom. The van der Waals surface area contributed by atoms with Crippen LogP contribution in [0.2, 0.25) is 0 Å². The summed E-state index contributed by atoms with van der Waals surface area (Å²) in [5.74, 6) is 0.225. The van der Waals surface area contributed by atoms with Crippen molar-refractivity contribution in [2.24, 2.45) is 0 Å². The summed E-state index contributed by atoms with van der Waals surface area (Å²) in [5, 5.41) is 0. The molecular formula is C11H9ClN2O. The van der Waals surface area contributed by atoms with Gasteiger partial charge >= 0.3 is 0 Å². The van der Waals surface area contributed by atoms with E-state index in [-0.39, 0.29) is 11.4 Å². The topological polar surface area (TPSA) is 45.8 Å². The van der Waals surface area contributed by atoms with Gasteiger partial charge in [0.1, 0.15) is 0 Å². The molecule has 0 bridgehead atoms. The average molecular weight is 221 g/mol. The van der Waals surface area contributed by atoms with Gasteiger partial charge in [0, 0.05) is 29.2 Å². The van der Waals surface area contributed by atoms with Crippen molar-refractivity contribution < 1.29 is 0 Å². The minimum absolute atomic E-state index is 0.147. The van der Waals surface area contributed by atoms with Crippen LogP contribution in [0.1, 0.15) is 5.56 Å². The maximum absolute atomic E-state index is 11.5. The number of rotatable bonds is 2. The summed E-state index contributed by atoms with van der Waals surface area (Å²) < 4.78 is 0. The quantitative estimate of drug-likeness (QED) is 0.789. The van der Waals surface area contributed by atoms with Crippen molar-refractivity contribution in [3.05, 3.63) is 52.6 Å². The zero-order valence-electron chi connectivity index (χ0n) is 7.90. The number of H-pyrrole nitrogens is 1. The summed E-state index contributed by atoms with van der Waals surface area (Å²) in [7, 11) is 0. The number of nitrogens with one attached hydrogen (secondary N) is 1. The molecule has 2 aromatic heterocycles. The first-order valence-corrected chi connectivity index (χ1v) is 5.03. The van der Waals surface area contributed by atoms with E-state index >= 15 is 0 Å². The summed E-state index contributed by atoms with van der Waals surface area (Å²) in [5.41, 5.74) is 2.06. The van der Waals surface area contributed by atoms with Gasteiger partial charge in [0.15, 0.2) is 0 Å². The zero-order chi connectivity index (χ0) is 10.7. The number of pyridine rings is 2. The Kier molecular flexibility index (Phi) is 2.83. The van der Waals surface area contributed by atoms with Gasteiger partial charge in [-0.3, -0.25) is 9.78 Å². The zero-order valence-corrected chi connectivity index (χ0v) is 8.66. The Morgan fingerprint density at radius 3 is 2.80 bits per heavy atom. The molecule has 4 heteroatoms. The average Bonchev–Trinajstić information content (AvgIpc) is 2.30. The normalized spacial score (nSPS) is 10.2. The van der Waals surface area contributed by atoms with Crippen molar-refractivity contribution in [1.29, 1.82) is 0 Å². The van der Waals surface area contributed by atoms with E-state index in [0.29, 0.717) is 5.56 Å². The van der Waals surface area contributed by atoms with Crippen LogP contribution in [0.25, 0.3) is 11.3 Å². The molecule has 0 saturated carbocycles. The highest BCUT2D eigenvalue weighted by molar-refractivity contribution is 6.17. The van der Waals surface area contributed by atoms with Crippen LogP contribution >= 0.6 is 11.6 Å². The van der Waals surface area contributed by atoms with Crippen molar-refractivity contribution in [1.82, 2.24) is 9.97 Å². The summed E-state index contributed by atoms with van der Waals surface area (Å²) in [6.45, 7) is 0. The second-order valence-electron chi connectivity index (χ2n) is 3.10. The van der Waals surface area contributed by atoms with E-state index in [1.54, 1.807) is 18.5 Å². The Labute approximate surface area is 91.8 Å². The summed E-state index contributed by atoms with van der Waals surface area (Å²) in [6.07, 6.45) is 3.39. The number of hydrogen-bond acceptors (Lipinski definition) is 2.